The van der Waals surface area contributed by atoms with Gasteiger partial charge in [-0.3, -0.25) is 0 Å². The van der Waals surface area contributed by atoms with Crippen LogP contribution in [0.25, 0.3) is 0 Å². The summed E-state index contributed by atoms with van der Waals surface area (Å²) in [7, 11) is 0. The Kier molecular flexibility index (Phi) is 0.980. The summed E-state index contributed by atoms with van der Waals surface area (Å²) in [6.45, 7) is -0.0382. The highest BCUT2D eigenvalue weighted by molar-refractivity contribution is 5.21. The summed E-state index contributed by atoms with van der Waals surface area (Å²) in [5.74, 6) is 1.96. The minimum atomic E-state index is -1.64. The van der Waals surface area contributed by atoms with Crippen molar-refractivity contribution >= 4 is 0 Å². The molecule has 0 aromatic rings. The fraction of sp³-hybridized carbons (Fsp3) is 0.333. The number of hydrogen-bond acceptors (Lipinski definition) is 1. The summed E-state index contributed by atoms with van der Waals surface area (Å²) in [6, 6.07) is 0. The summed E-state index contributed by atoms with van der Waals surface area (Å²) in [4.78, 5) is 0. The van der Waals surface area contributed by atoms with Gasteiger partial charge in [0.05, 0.1) is 6.26 Å². The van der Waals surface area contributed by atoms with Gasteiger partial charge in [-0.1, -0.05) is 5.92 Å². The van der Waals surface area contributed by atoms with E-state index in [9.17, 15) is 4.39 Å². The van der Waals surface area contributed by atoms with Gasteiger partial charge in [-0.25, -0.2) is 4.39 Å². The Labute approximate surface area is 47.1 Å². The maximum atomic E-state index is 12.6. The van der Waals surface area contributed by atoms with Gasteiger partial charge in [0.25, 0.3) is 0 Å². The van der Waals surface area contributed by atoms with E-state index in [2.05, 4.69) is 4.74 Å². The van der Waals surface area contributed by atoms with Crippen LogP contribution in [0.2, 0.25) is 0 Å². The number of terminal acetylenes is 1. The zero-order valence-corrected chi connectivity index (χ0v) is 4.23. The third-order valence-electron chi connectivity index (χ3n) is 0.962. The van der Waals surface area contributed by atoms with Crippen LogP contribution in [0.1, 0.15) is 0 Å². The number of hydrogen-bond donors (Lipinski definition) is 0. The molecule has 1 atom stereocenters. The third-order valence-corrected chi connectivity index (χ3v) is 0.962. The zero-order valence-electron chi connectivity index (χ0n) is 4.23. The molecular weight excluding hydrogens is 107 g/mol. The largest absolute Gasteiger partial charge is 0.497 e. The Morgan fingerprint density at radius 2 is 2.62 bits per heavy atom. The van der Waals surface area contributed by atoms with E-state index in [0.717, 1.165) is 0 Å². The smallest absolute Gasteiger partial charge is 0.225 e. The monoisotopic (exact) mass is 112 g/mol. The fourth-order valence-electron chi connectivity index (χ4n) is 0.463. The number of halogens is 1. The quantitative estimate of drug-likeness (QED) is 0.422. The average Bonchev–Trinajstić information content (AvgIpc) is 2.17. The molecule has 42 valence electrons. The van der Waals surface area contributed by atoms with Crippen molar-refractivity contribution in [1.82, 2.24) is 0 Å². The van der Waals surface area contributed by atoms with Crippen molar-refractivity contribution in [1.29, 1.82) is 0 Å². The van der Waals surface area contributed by atoms with Gasteiger partial charge in [-0.15, -0.1) is 6.42 Å². The Hall–Kier alpha value is -0.970. The highest BCUT2D eigenvalue weighted by Crippen LogP contribution is 2.17. The van der Waals surface area contributed by atoms with Crippen molar-refractivity contribution in [3.8, 4) is 12.3 Å². The molecule has 1 aliphatic rings. The highest BCUT2D eigenvalue weighted by atomic mass is 19.1. The second-order valence-corrected chi connectivity index (χ2v) is 1.62. The van der Waals surface area contributed by atoms with Crippen molar-refractivity contribution in [3.05, 3.63) is 12.3 Å². The molecule has 0 spiro atoms. The molecule has 0 aromatic carbocycles. The van der Waals surface area contributed by atoms with Crippen molar-refractivity contribution in [2.75, 3.05) is 6.61 Å². The molecule has 1 unspecified atom stereocenters. The van der Waals surface area contributed by atoms with E-state index in [4.69, 9.17) is 6.42 Å². The molecule has 0 amide bonds. The maximum absolute atomic E-state index is 12.6. The molecule has 0 saturated heterocycles. The standard InChI is InChI=1S/C6H5FO/c1-2-6(7)3-4-8-5-6/h1,3-4H,5H2. The van der Waals surface area contributed by atoms with Crippen LogP contribution < -0.4 is 0 Å². The molecule has 1 heterocycles. The summed E-state index contributed by atoms with van der Waals surface area (Å²) in [5, 5.41) is 0. The van der Waals surface area contributed by atoms with E-state index in [0.29, 0.717) is 0 Å². The van der Waals surface area contributed by atoms with Crippen molar-refractivity contribution in [2.24, 2.45) is 0 Å². The van der Waals surface area contributed by atoms with E-state index in [1.807, 2.05) is 5.92 Å². The lowest BCUT2D eigenvalue weighted by Crippen LogP contribution is -2.18. The van der Waals surface area contributed by atoms with Crippen LogP contribution in [0.5, 0.6) is 0 Å². The fourth-order valence-corrected chi connectivity index (χ4v) is 0.463. The van der Waals surface area contributed by atoms with E-state index in [1.165, 1.54) is 12.3 Å². The van der Waals surface area contributed by atoms with E-state index in [1.54, 1.807) is 0 Å². The average molecular weight is 112 g/mol. The Balaban J connectivity index is 2.72. The number of ether oxygens (including phenoxy) is 1. The van der Waals surface area contributed by atoms with Crippen molar-refractivity contribution < 1.29 is 9.13 Å². The molecule has 0 fully saturated rings. The van der Waals surface area contributed by atoms with Crippen LogP contribution in [-0.2, 0) is 4.74 Å². The van der Waals surface area contributed by atoms with Gasteiger partial charge in [0.1, 0.15) is 6.61 Å². The summed E-state index contributed by atoms with van der Waals surface area (Å²) in [5.41, 5.74) is -1.64. The Bertz CT molecular complexity index is 156. The first kappa shape index (κ1) is 5.17. The minimum Gasteiger partial charge on any atom is -0.497 e. The second kappa shape index (κ2) is 1.52. The first-order chi connectivity index (χ1) is 3.77. The lowest BCUT2D eigenvalue weighted by Gasteiger charge is -2.03. The highest BCUT2D eigenvalue weighted by Gasteiger charge is 2.27. The molecule has 2 heteroatoms. The van der Waals surface area contributed by atoms with E-state index < -0.39 is 5.67 Å². The van der Waals surface area contributed by atoms with Gasteiger partial charge in [-0.2, -0.15) is 0 Å². The summed E-state index contributed by atoms with van der Waals surface area (Å²) >= 11 is 0. The third kappa shape index (κ3) is 0.671. The molecule has 0 radical (unpaired) electrons. The molecule has 8 heavy (non-hydrogen) atoms. The lowest BCUT2D eigenvalue weighted by molar-refractivity contribution is 0.177. The molecular formula is C6H5FO. The van der Waals surface area contributed by atoms with Crippen LogP contribution in [0.4, 0.5) is 4.39 Å². The van der Waals surface area contributed by atoms with Gasteiger partial charge in [0.15, 0.2) is 0 Å². The van der Waals surface area contributed by atoms with Crippen molar-refractivity contribution in [2.45, 2.75) is 5.67 Å². The first-order valence-electron chi connectivity index (χ1n) is 2.23. The Morgan fingerprint density at radius 3 is 2.88 bits per heavy atom. The van der Waals surface area contributed by atoms with Crippen molar-refractivity contribution in [3.63, 3.8) is 0 Å². The topological polar surface area (TPSA) is 9.23 Å². The summed E-state index contributed by atoms with van der Waals surface area (Å²) < 4.78 is 17.1. The lowest BCUT2D eigenvalue weighted by atomic mass is 10.1. The van der Waals surface area contributed by atoms with Crippen LogP contribution in [-0.4, -0.2) is 12.3 Å². The molecule has 0 aliphatic carbocycles. The van der Waals surface area contributed by atoms with Gasteiger partial charge < -0.3 is 4.74 Å². The number of rotatable bonds is 0. The normalized spacial score (nSPS) is 34.0. The van der Waals surface area contributed by atoms with Crippen LogP contribution in [0, 0.1) is 12.3 Å². The Morgan fingerprint density at radius 1 is 1.88 bits per heavy atom. The second-order valence-electron chi connectivity index (χ2n) is 1.62. The van der Waals surface area contributed by atoms with Gasteiger partial charge in [-0.05, 0) is 0 Å². The molecule has 0 N–H and O–H groups in total. The SMILES string of the molecule is C#CC1(F)C=COC1. The molecule has 0 aromatic heterocycles. The first-order valence-corrected chi connectivity index (χ1v) is 2.23. The van der Waals surface area contributed by atoms with Crippen LogP contribution in [0.15, 0.2) is 12.3 Å². The van der Waals surface area contributed by atoms with E-state index in [-0.39, 0.29) is 6.61 Å². The van der Waals surface area contributed by atoms with Gasteiger partial charge in [0, 0.05) is 6.08 Å². The maximum Gasteiger partial charge on any atom is 0.225 e. The molecule has 1 nitrogen and oxygen atoms in total. The van der Waals surface area contributed by atoms with E-state index >= 15 is 0 Å². The zero-order chi connectivity index (χ0) is 6.04. The molecule has 1 aliphatic heterocycles. The minimum absolute atomic E-state index is 0.0382. The van der Waals surface area contributed by atoms with Gasteiger partial charge in [0.2, 0.25) is 5.67 Å². The molecule has 0 saturated carbocycles. The van der Waals surface area contributed by atoms with Crippen LogP contribution in [0.3, 0.4) is 0 Å². The molecule has 1 rings (SSSR count). The summed E-state index contributed by atoms with van der Waals surface area (Å²) in [6.07, 6.45) is 7.32. The molecule has 0 bridgehead atoms. The predicted molar refractivity (Wildman–Crippen MR) is 27.8 cm³/mol. The van der Waals surface area contributed by atoms with Gasteiger partial charge >= 0.3 is 0 Å². The van der Waals surface area contributed by atoms with Crippen LogP contribution >= 0.6 is 0 Å². The predicted octanol–water partition coefficient (Wildman–Crippen LogP) is 0.872. The number of alkyl halides is 1.